The van der Waals surface area contributed by atoms with Crippen LogP contribution in [0.1, 0.15) is 41.4 Å². The van der Waals surface area contributed by atoms with E-state index in [0.29, 0.717) is 21.1 Å². The topological polar surface area (TPSA) is 158 Å². The quantitative estimate of drug-likeness (QED) is 0.229. The van der Waals surface area contributed by atoms with E-state index in [0.717, 1.165) is 0 Å². The first-order valence-electron chi connectivity index (χ1n) is 11.9. The maximum Gasteiger partial charge on any atom is 0.336 e. The summed E-state index contributed by atoms with van der Waals surface area (Å²) in [6.45, 7) is 7.73. The van der Waals surface area contributed by atoms with E-state index in [4.69, 9.17) is 4.12 Å². The second kappa shape index (κ2) is 9.77. The summed E-state index contributed by atoms with van der Waals surface area (Å²) in [7, 11) is -5.78. The molecule has 0 aliphatic rings. The van der Waals surface area contributed by atoms with Crippen LogP contribution < -0.4 is 10.4 Å². The number of rotatable bonds is 8. The van der Waals surface area contributed by atoms with Crippen molar-refractivity contribution in [3.8, 4) is 0 Å². The maximum atomic E-state index is 12.0. The normalized spacial score (nSPS) is 12.0. The molecule has 4 rings (SSSR count). The zero-order valence-electron chi connectivity index (χ0n) is 21.6. The SMILES string of the molecule is C[Si](C)(O[Si](C)(C)c1ccc(C(=O)O)c2c(C(=O)O)cccc12)c1ccc(C(=O)O)c2c(C(=O)O)cccc12. The molecule has 0 unspecified atom stereocenters. The van der Waals surface area contributed by atoms with Gasteiger partial charge in [0.2, 0.25) is 16.6 Å². The summed E-state index contributed by atoms with van der Waals surface area (Å²) in [5.41, 5.74) is -0.483. The van der Waals surface area contributed by atoms with Crippen molar-refractivity contribution >= 4 is 72.4 Å². The van der Waals surface area contributed by atoms with Crippen molar-refractivity contribution in [3.05, 3.63) is 82.9 Å². The molecule has 0 saturated heterocycles. The highest BCUT2D eigenvalue weighted by atomic mass is 28.4. The van der Waals surface area contributed by atoms with E-state index >= 15 is 0 Å². The fourth-order valence-corrected chi connectivity index (χ4v) is 14.0. The van der Waals surface area contributed by atoms with E-state index in [9.17, 15) is 39.6 Å². The lowest BCUT2D eigenvalue weighted by Gasteiger charge is -2.36. The molecule has 0 fully saturated rings. The first-order valence-corrected chi connectivity index (χ1v) is 17.7. The second-order valence-corrected chi connectivity index (χ2v) is 18.1. The fraction of sp³-hybridized carbons (Fsp3) is 0.143. The number of benzene rings is 4. The molecule has 0 amide bonds. The van der Waals surface area contributed by atoms with Crippen LogP contribution in [0.25, 0.3) is 21.5 Å². The molecule has 4 aromatic carbocycles. The molecule has 4 aromatic rings. The van der Waals surface area contributed by atoms with Crippen LogP contribution in [0.2, 0.25) is 26.2 Å². The molecule has 0 heterocycles. The number of carbonyl (C=O) groups is 4. The van der Waals surface area contributed by atoms with Gasteiger partial charge in [0.25, 0.3) is 0 Å². The first kappa shape index (κ1) is 27.7. The number of hydrogen-bond donors (Lipinski definition) is 4. The molecule has 39 heavy (non-hydrogen) atoms. The average Bonchev–Trinajstić information content (AvgIpc) is 2.85. The minimum absolute atomic E-state index is 0.121. The Morgan fingerprint density at radius 3 is 1.13 bits per heavy atom. The van der Waals surface area contributed by atoms with Crippen LogP contribution in [-0.2, 0) is 4.12 Å². The van der Waals surface area contributed by atoms with Gasteiger partial charge in [0, 0.05) is 10.8 Å². The van der Waals surface area contributed by atoms with E-state index in [1.54, 1.807) is 36.4 Å². The van der Waals surface area contributed by atoms with Crippen molar-refractivity contribution < 1.29 is 43.7 Å². The van der Waals surface area contributed by atoms with Crippen molar-refractivity contribution in [2.75, 3.05) is 0 Å². The monoisotopic (exact) mass is 562 g/mol. The van der Waals surface area contributed by atoms with Gasteiger partial charge >= 0.3 is 23.9 Å². The largest absolute Gasteiger partial charge is 0.478 e. The van der Waals surface area contributed by atoms with Gasteiger partial charge < -0.3 is 24.5 Å². The zero-order chi connectivity index (χ0) is 28.9. The van der Waals surface area contributed by atoms with Gasteiger partial charge in [0.05, 0.1) is 22.3 Å². The third-order valence-electron chi connectivity index (χ3n) is 6.81. The van der Waals surface area contributed by atoms with Crippen molar-refractivity contribution in [3.63, 3.8) is 0 Å². The van der Waals surface area contributed by atoms with Crippen molar-refractivity contribution in [1.29, 1.82) is 0 Å². The van der Waals surface area contributed by atoms with Gasteiger partial charge in [-0.3, -0.25) is 0 Å². The Morgan fingerprint density at radius 1 is 0.513 bits per heavy atom. The summed E-state index contributed by atoms with van der Waals surface area (Å²) < 4.78 is 6.90. The summed E-state index contributed by atoms with van der Waals surface area (Å²) in [6.07, 6.45) is 0. The molecule has 4 N–H and O–H groups in total. The number of fused-ring (bicyclic) bond motifs is 2. The Kier molecular flexibility index (Phi) is 6.94. The molecule has 0 atom stereocenters. The van der Waals surface area contributed by atoms with Gasteiger partial charge in [-0.2, -0.15) is 0 Å². The number of carboxylic acid groups (broad SMARTS) is 4. The fourth-order valence-electron chi connectivity index (χ4n) is 5.32. The van der Waals surface area contributed by atoms with Gasteiger partial charge in [0.15, 0.2) is 0 Å². The number of aromatic carboxylic acids is 4. The van der Waals surface area contributed by atoms with Crippen LogP contribution in [-0.4, -0.2) is 60.9 Å². The van der Waals surface area contributed by atoms with E-state index in [2.05, 4.69) is 0 Å². The Balaban J connectivity index is 1.92. The van der Waals surface area contributed by atoms with Crippen LogP contribution >= 0.6 is 0 Å². The number of hydrogen-bond acceptors (Lipinski definition) is 5. The standard InChI is InChI=1S/C28H26O9Si2/c1-38(2,21-13-11-19(27(33)34)23-15(21)7-5-9-17(23)25(29)30)37-39(3,4)22-14-12-20(28(35)36)24-16(22)8-6-10-18(24)26(31)32/h5-14H,1-4H3,(H,29,30)(H,31,32)(H,33,34)(H,35,36). The minimum atomic E-state index is -2.89. The van der Waals surface area contributed by atoms with Crippen LogP contribution in [0.15, 0.2) is 60.7 Å². The Bertz CT molecular complexity index is 1540. The Labute approximate surface area is 225 Å². The smallest absolute Gasteiger partial charge is 0.336 e. The molecule has 0 spiro atoms. The third kappa shape index (κ3) is 4.83. The highest BCUT2D eigenvalue weighted by Crippen LogP contribution is 2.29. The van der Waals surface area contributed by atoms with E-state index in [1.807, 2.05) is 26.2 Å². The van der Waals surface area contributed by atoms with Gasteiger partial charge in [-0.05, 0) is 71.6 Å². The molecule has 0 aliphatic carbocycles. The van der Waals surface area contributed by atoms with Crippen LogP contribution in [0, 0.1) is 0 Å². The highest BCUT2D eigenvalue weighted by Gasteiger charge is 2.39. The molecular formula is C28H26O9Si2. The van der Waals surface area contributed by atoms with Crippen molar-refractivity contribution in [2.45, 2.75) is 26.2 Å². The van der Waals surface area contributed by atoms with Gasteiger partial charge in [-0.15, -0.1) is 0 Å². The summed E-state index contributed by atoms with van der Waals surface area (Å²) in [5, 5.41) is 41.6. The Hall–Kier alpha value is -4.33. The lowest BCUT2D eigenvalue weighted by Crippen LogP contribution is -2.58. The second-order valence-electron chi connectivity index (χ2n) is 10.1. The zero-order valence-corrected chi connectivity index (χ0v) is 23.6. The van der Waals surface area contributed by atoms with Crippen LogP contribution in [0.3, 0.4) is 0 Å². The highest BCUT2D eigenvalue weighted by molar-refractivity contribution is 6.98. The van der Waals surface area contributed by atoms with Crippen LogP contribution in [0.4, 0.5) is 0 Å². The van der Waals surface area contributed by atoms with Crippen molar-refractivity contribution in [2.24, 2.45) is 0 Å². The summed E-state index contributed by atoms with van der Waals surface area (Å²) in [5.74, 6) is -4.96. The first-order chi connectivity index (χ1) is 18.2. The molecule has 0 bridgehead atoms. The molecule has 9 nitrogen and oxygen atoms in total. The Morgan fingerprint density at radius 2 is 0.821 bits per heavy atom. The maximum absolute atomic E-state index is 12.0. The molecule has 11 heteroatoms. The van der Waals surface area contributed by atoms with Crippen LogP contribution in [0.5, 0.6) is 0 Å². The lowest BCUT2D eigenvalue weighted by atomic mass is 9.99. The van der Waals surface area contributed by atoms with Gasteiger partial charge in [-0.25, -0.2) is 19.2 Å². The number of carboxylic acids is 4. The lowest BCUT2D eigenvalue weighted by molar-refractivity contribution is 0.0681. The molecule has 200 valence electrons. The summed E-state index contributed by atoms with van der Waals surface area (Å²) in [4.78, 5) is 47.8. The van der Waals surface area contributed by atoms with E-state index < -0.39 is 40.5 Å². The predicted octanol–water partition coefficient (Wildman–Crippen LogP) is 4.33. The van der Waals surface area contributed by atoms with E-state index in [1.165, 1.54) is 24.3 Å². The molecule has 0 saturated carbocycles. The van der Waals surface area contributed by atoms with Gasteiger partial charge in [0.1, 0.15) is 0 Å². The molecule has 0 aliphatic heterocycles. The van der Waals surface area contributed by atoms with E-state index in [-0.39, 0.29) is 33.0 Å². The summed E-state index contributed by atoms with van der Waals surface area (Å²) >= 11 is 0. The van der Waals surface area contributed by atoms with Gasteiger partial charge in [-0.1, -0.05) is 36.4 Å². The molecular weight excluding hydrogens is 536 g/mol. The third-order valence-corrected chi connectivity index (χ3v) is 14.4. The summed E-state index contributed by atoms with van der Waals surface area (Å²) in [6, 6.07) is 15.4. The molecule has 0 aromatic heterocycles. The average molecular weight is 563 g/mol. The minimum Gasteiger partial charge on any atom is -0.478 e. The molecule has 0 radical (unpaired) electrons. The van der Waals surface area contributed by atoms with Crippen molar-refractivity contribution in [1.82, 2.24) is 0 Å². The predicted molar refractivity (Wildman–Crippen MR) is 151 cm³/mol.